The van der Waals surface area contributed by atoms with E-state index in [-0.39, 0.29) is 5.91 Å². The second kappa shape index (κ2) is 6.06. The molecule has 0 aliphatic rings. The Kier molecular flexibility index (Phi) is 4.41. The number of amides is 1. The van der Waals surface area contributed by atoms with Crippen LogP contribution in [-0.4, -0.2) is 10.9 Å². The molecule has 0 bridgehead atoms. The lowest BCUT2D eigenvalue weighted by Gasteiger charge is -2.10. The predicted molar refractivity (Wildman–Crippen MR) is 85.0 cm³/mol. The summed E-state index contributed by atoms with van der Waals surface area (Å²) in [4.78, 5) is 16.5. The lowest BCUT2D eigenvalue weighted by molar-refractivity contribution is 0.0946. The Morgan fingerprint density at radius 2 is 2.00 bits per heavy atom. The van der Waals surface area contributed by atoms with Gasteiger partial charge >= 0.3 is 0 Å². The molecule has 4 N–H and O–H groups in total. The van der Waals surface area contributed by atoms with Gasteiger partial charge in [0.15, 0.2) is 5.13 Å². The van der Waals surface area contributed by atoms with Crippen LogP contribution < -0.4 is 16.6 Å². The van der Waals surface area contributed by atoms with E-state index in [4.69, 9.17) is 5.73 Å². The minimum atomic E-state index is -0.282. The Hall–Kier alpha value is -1.86. The normalized spacial score (nSPS) is 10.1. The number of carbonyl (C=O) groups excluding carboxylic acids is 1. The van der Waals surface area contributed by atoms with Crippen LogP contribution >= 0.6 is 27.3 Å². The first kappa shape index (κ1) is 14.5. The van der Waals surface area contributed by atoms with E-state index < -0.39 is 0 Å². The molecule has 0 unspecified atom stereocenters. The average molecular weight is 353 g/mol. The number of benzene rings is 1. The van der Waals surface area contributed by atoms with Crippen molar-refractivity contribution in [1.29, 1.82) is 0 Å². The monoisotopic (exact) mass is 352 g/mol. The fourth-order valence-corrected chi connectivity index (χ4v) is 2.53. The van der Waals surface area contributed by atoms with Crippen LogP contribution in [0.15, 0.2) is 35.3 Å². The second-order valence-corrected chi connectivity index (χ2v) is 5.98. The molecule has 0 spiro atoms. The Labute approximate surface area is 129 Å². The predicted octanol–water partition coefficient (Wildman–Crippen LogP) is 2.70. The molecule has 2 aromatic rings. The zero-order chi connectivity index (χ0) is 14.7. The molecule has 0 atom stereocenters. The van der Waals surface area contributed by atoms with E-state index in [1.807, 2.05) is 24.3 Å². The number of thiazole rings is 1. The van der Waals surface area contributed by atoms with Crippen molar-refractivity contribution in [3.63, 3.8) is 0 Å². The highest BCUT2D eigenvalue weighted by atomic mass is 79.9. The lowest BCUT2D eigenvalue weighted by Crippen LogP contribution is -2.35. The molecule has 20 heavy (non-hydrogen) atoms. The number of carbonyl (C=O) groups is 1. The molecule has 7 heteroatoms. The number of aryl methyl sites for hydroxylation is 1. The highest BCUT2D eigenvalue weighted by molar-refractivity contribution is 9.10. The van der Waals surface area contributed by atoms with Crippen molar-refractivity contribution >= 4 is 44.0 Å². The lowest BCUT2D eigenvalue weighted by atomic mass is 10.2. The summed E-state index contributed by atoms with van der Waals surface area (Å²) in [6, 6.07) is 7.58. The molecule has 1 aromatic carbocycles. The van der Waals surface area contributed by atoms with Crippen molar-refractivity contribution in [3.8, 4) is 0 Å². The largest absolute Gasteiger partial charge is 0.375 e. The van der Waals surface area contributed by atoms with E-state index in [9.17, 15) is 4.79 Å². The minimum Gasteiger partial charge on any atom is -0.375 e. The molecule has 104 valence electrons. The van der Waals surface area contributed by atoms with Crippen LogP contribution in [0.1, 0.15) is 20.9 Å². The number of halogens is 1. The van der Waals surface area contributed by atoms with Gasteiger partial charge in [0, 0.05) is 4.47 Å². The summed E-state index contributed by atoms with van der Waals surface area (Å²) in [5.74, 6) is -0.282. The van der Waals surface area contributed by atoms with Gasteiger partial charge < -0.3 is 5.73 Å². The Balaban J connectivity index is 1.98. The molecule has 1 aromatic heterocycles. The number of nitrogens with two attached hydrogens (primary N) is 1. The summed E-state index contributed by atoms with van der Waals surface area (Å²) in [5, 5.41) is 0.374. The van der Waals surface area contributed by atoms with Gasteiger partial charge in [-0.3, -0.25) is 15.6 Å². The van der Waals surface area contributed by atoms with Crippen LogP contribution in [0.25, 0.3) is 5.70 Å². The fraction of sp³-hybridized carbons (Fsp3) is 0.0769. The van der Waals surface area contributed by atoms with Gasteiger partial charge in [-0.25, -0.2) is 4.98 Å². The molecule has 2 rings (SSSR count). The van der Waals surface area contributed by atoms with Gasteiger partial charge in [0.25, 0.3) is 5.91 Å². The first-order valence-electron chi connectivity index (χ1n) is 5.71. The van der Waals surface area contributed by atoms with Crippen LogP contribution in [0.2, 0.25) is 0 Å². The van der Waals surface area contributed by atoms with Gasteiger partial charge in [0.2, 0.25) is 0 Å². The molecular formula is C13H13BrN4OS. The quantitative estimate of drug-likeness (QED) is 0.739. The summed E-state index contributed by atoms with van der Waals surface area (Å²) < 4.78 is 0.980. The topological polar surface area (TPSA) is 80.0 Å². The Morgan fingerprint density at radius 1 is 1.35 bits per heavy atom. The van der Waals surface area contributed by atoms with Gasteiger partial charge in [-0.15, -0.1) is 0 Å². The van der Waals surface area contributed by atoms with E-state index in [1.54, 1.807) is 6.92 Å². The molecule has 0 saturated heterocycles. The van der Waals surface area contributed by atoms with E-state index >= 15 is 0 Å². The first-order valence-corrected chi connectivity index (χ1v) is 7.32. The maximum Gasteiger partial charge on any atom is 0.281 e. The molecule has 0 aliphatic heterocycles. The highest BCUT2D eigenvalue weighted by Crippen LogP contribution is 2.19. The van der Waals surface area contributed by atoms with Crippen molar-refractivity contribution in [2.24, 2.45) is 0 Å². The molecule has 0 fully saturated rings. The van der Waals surface area contributed by atoms with Crippen LogP contribution in [-0.2, 0) is 0 Å². The van der Waals surface area contributed by atoms with Crippen molar-refractivity contribution in [2.75, 3.05) is 5.73 Å². The second-order valence-electron chi connectivity index (χ2n) is 4.03. The number of nitrogens with one attached hydrogen (secondary N) is 2. The molecule has 0 radical (unpaired) electrons. The van der Waals surface area contributed by atoms with Crippen LogP contribution in [0, 0.1) is 6.92 Å². The van der Waals surface area contributed by atoms with E-state index in [2.05, 4.69) is 38.3 Å². The average Bonchev–Trinajstić information content (AvgIpc) is 2.75. The Morgan fingerprint density at radius 3 is 2.55 bits per heavy atom. The summed E-state index contributed by atoms with van der Waals surface area (Å²) in [6.07, 6.45) is 0. The molecule has 5 nitrogen and oxygen atoms in total. The third-order valence-corrected chi connectivity index (χ3v) is 4.05. The molecule has 1 amide bonds. The van der Waals surface area contributed by atoms with Crippen LogP contribution in [0.3, 0.4) is 0 Å². The molecule has 0 aliphatic carbocycles. The maximum absolute atomic E-state index is 12.0. The van der Waals surface area contributed by atoms with Gasteiger partial charge in [-0.2, -0.15) is 0 Å². The van der Waals surface area contributed by atoms with Gasteiger partial charge in [0.05, 0.1) is 11.4 Å². The van der Waals surface area contributed by atoms with Crippen molar-refractivity contribution in [3.05, 3.63) is 51.5 Å². The van der Waals surface area contributed by atoms with E-state index in [0.29, 0.717) is 21.4 Å². The molecular weight excluding hydrogens is 340 g/mol. The van der Waals surface area contributed by atoms with Crippen molar-refractivity contribution in [1.82, 2.24) is 15.8 Å². The number of hydrazine groups is 1. The summed E-state index contributed by atoms with van der Waals surface area (Å²) in [5.41, 5.74) is 13.0. The Bertz CT molecular complexity index is 651. The standard InChI is InChI=1S/C13H13BrN4OS/c1-7(9-3-5-10(14)6-4-9)17-18-12(19)11-8(2)16-13(15)20-11/h3-6,17H,1H2,2H3,(H2,15,16)(H,18,19). The number of rotatable bonds is 4. The van der Waals surface area contributed by atoms with Gasteiger partial charge in [-0.1, -0.05) is 46.0 Å². The number of aromatic nitrogens is 1. The van der Waals surface area contributed by atoms with Crippen molar-refractivity contribution in [2.45, 2.75) is 6.92 Å². The van der Waals surface area contributed by atoms with E-state index in [0.717, 1.165) is 21.4 Å². The summed E-state index contributed by atoms with van der Waals surface area (Å²) >= 11 is 4.51. The zero-order valence-corrected chi connectivity index (χ0v) is 13.1. The SMILES string of the molecule is C=C(NNC(=O)c1sc(N)nc1C)c1ccc(Br)cc1. The number of anilines is 1. The smallest absolute Gasteiger partial charge is 0.281 e. The highest BCUT2D eigenvalue weighted by Gasteiger charge is 2.13. The van der Waals surface area contributed by atoms with E-state index in [1.165, 1.54) is 0 Å². The fourth-order valence-electron chi connectivity index (χ4n) is 1.54. The molecule has 1 heterocycles. The number of nitrogen functional groups attached to an aromatic ring is 1. The van der Waals surface area contributed by atoms with Gasteiger partial charge in [-0.05, 0) is 24.6 Å². The minimum absolute atomic E-state index is 0.282. The van der Waals surface area contributed by atoms with Gasteiger partial charge in [0.1, 0.15) is 4.88 Å². The third-order valence-electron chi connectivity index (χ3n) is 2.54. The molecule has 0 saturated carbocycles. The van der Waals surface area contributed by atoms with Crippen LogP contribution in [0.4, 0.5) is 5.13 Å². The number of hydrogen-bond acceptors (Lipinski definition) is 5. The number of nitrogens with zero attached hydrogens (tertiary/aromatic N) is 1. The van der Waals surface area contributed by atoms with Crippen molar-refractivity contribution < 1.29 is 4.79 Å². The third kappa shape index (κ3) is 3.37. The number of hydrogen-bond donors (Lipinski definition) is 3. The van der Waals surface area contributed by atoms with Crippen LogP contribution in [0.5, 0.6) is 0 Å². The summed E-state index contributed by atoms with van der Waals surface area (Å²) in [6.45, 7) is 5.61. The first-order chi connectivity index (χ1) is 9.47. The maximum atomic E-state index is 12.0. The summed E-state index contributed by atoms with van der Waals surface area (Å²) in [7, 11) is 0. The zero-order valence-electron chi connectivity index (χ0n) is 10.7.